The van der Waals surface area contributed by atoms with Crippen LogP contribution in [0.4, 0.5) is 0 Å². The van der Waals surface area contributed by atoms with Gasteiger partial charge in [0.05, 0.1) is 45.5 Å². The Bertz CT molecular complexity index is 552. The lowest BCUT2D eigenvalue weighted by molar-refractivity contribution is 0.495. The summed E-state index contributed by atoms with van der Waals surface area (Å²) >= 11 is 4.98. The van der Waals surface area contributed by atoms with Gasteiger partial charge in [0.25, 0.3) is 0 Å². The molecule has 0 fully saturated rings. The maximum atomic E-state index is 4.67. The second-order valence-corrected chi connectivity index (χ2v) is 6.27. The zero-order chi connectivity index (χ0) is 15.2. The lowest BCUT2D eigenvalue weighted by Crippen LogP contribution is -2.25. The lowest BCUT2D eigenvalue weighted by atomic mass is 10.1. The molecule has 21 heavy (non-hydrogen) atoms. The van der Waals surface area contributed by atoms with Gasteiger partial charge >= 0.3 is 0 Å². The van der Waals surface area contributed by atoms with Gasteiger partial charge < -0.3 is 5.32 Å². The van der Waals surface area contributed by atoms with E-state index in [1.807, 2.05) is 6.20 Å². The Kier molecular flexibility index (Phi) is 6.32. The summed E-state index contributed by atoms with van der Waals surface area (Å²) in [7, 11) is 0. The Labute approximate surface area is 138 Å². The molecule has 0 amide bonds. The minimum absolute atomic E-state index is 0.187. The molecule has 5 nitrogen and oxygen atoms in total. The van der Waals surface area contributed by atoms with Crippen LogP contribution in [-0.2, 0) is 19.4 Å². The van der Waals surface area contributed by atoms with Crippen molar-refractivity contribution in [2.75, 3.05) is 6.54 Å². The van der Waals surface area contributed by atoms with Gasteiger partial charge in [0, 0.05) is 13.0 Å². The Morgan fingerprint density at radius 1 is 1.38 bits per heavy atom. The van der Waals surface area contributed by atoms with Gasteiger partial charge in [-0.3, -0.25) is 4.68 Å². The molecule has 0 aliphatic heterocycles. The van der Waals surface area contributed by atoms with Crippen molar-refractivity contribution in [1.29, 1.82) is 0 Å². The van der Waals surface area contributed by atoms with Crippen LogP contribution in [0.5, 0.6) is 0 Å². The Hall–Kier alpha value is -0.790. The minimum atomic E-state index is 0.187. The smallest absolute Gasteiger partial charge is 0.0916 e. The van der Waals surface area contributed by atoms with Crippen LogP contribution < -0.4 is 5.32 Å². The maximum absolute atomic E-state index is 4.67. The van der Waals surface area contributed by atoms with Gasteiger partial charge in [-0.1, -0.05) is 13.8 Å². The van der Waals surface area contributed by atoms with Crippen molar-refractivity contribution in [3.63, 3.8) is 0 Å². The fourth-order valence-electron chi connectivity index (χ4n) is 2.33. The largest absolute Gasteiger partial charge is 0.308 e. The van der Waals surface area contributed by atoms with Crippen molar-refractivity contribution in [2.24, 2.45) is 0 Å². The van der Waals surface area contributed by atoms with E-state index in [0.717, 1.165) is 48.2 Å². The maximum Gasteiger partial charge on any atom is 0.0916 e. The molecule has 0 spiro atoms. The summed E-state index contributed by atoms with van der Waals surface area (Å²) in [6, 6.07) is 0.187. The van der Waals surface area contributed by atoms with Gasteiger partial charge in [-0.05, 0) is 42.2 Å². The molecule has 1 N–H and O–H groups in total. The van der Waals surface area contributed by atoms with E-state index < -0.39 is 0 Å². The highest BCUT2D eigenvalue weighted by atomic mass is 79.9. The fraction of sp³-hybridized carbons (Fsp3) is 0.643. The fourth-order valence-corrected chi connectivity index (χ4v) is 3.53. The van der Waals surface area contributed by atoms with Crippen LogP contribution in [0.25, 0.3) is 0 Å². The van der Waals surface area contributed by atoms with Crippen LogP contribution in [-0.4, -0.2) is 25.1 Å². The highest BCUT2D eigenvalue weighted by Gasteiger charge is 2.21. The topological polar surface area (TPSA) is 55.6 Å². The third-order valence-electron chi connectivity index (χ3n) is 3.47. The van der Waals surface area contributed by atoms with Crippen LogP contribution in [0.15, 0.2) is 10.7 Å². The summed E-state index contributed by atoms with van der Waals surface area (Å²) in [5.41, 5.74) is 3.37. The molecular formula is C14H22BrN5S. The molecule has 0 saturated carbocycles. The van der Waals surface area contributed by atoms with Crippen LogP contribution in [0.2, 0.25) is 0 Å². The van der Waals surface area contributed by atoms with Crippen molar-refractivity contribution in [2.45, 2.75) is 52.6 Å². The normalized spacial score (nSPS) is 12.8. The molecule has 116 valence electrons. The highest BCUT2D eigenvalue weighted by molar-refractivity contribution is 9.10. The second-order valence-electron chi connectivity index (χ2n) is 4.92. The molecule has 2 aromatic rings. The molecule has 7 heteroatoms. The van der Waals surface area contributed by atoms with Crippen molar-refractivity contribution >= 4 is 27.7 Å². The number of rotatable bonds is 8. The molecule has 2 aromatic heterocycles. The number of hydrogen-bond donors (Lipinski definition) is 1. The molecule has 2 rings (SSSR count). The lowest BCUT2D eigenvalue weighted by Gasteiger charge is -2.17. The minimum Gasteiger partial charge on any atom is -0.308 e. The van der Waals surface area contributed by atoms with E-state index in [-0.39, 0.29) is 6.04 Å². The molecule has 0 radical (unpaired) electrons. The zero-order valence-corrected chi connectivity index (χ0v) is 15.2. The predicted octanol–water partition coefficient (Wildman–Crippen LogP) is 3.36. The average molecular weight is 372 g/mol. The van der Waals surface area contributed by atoms with Crippen molar-refractivity contribution in [3.05, 3.63) is 27.8 Å². The quantitative estimate of drug-likeness (QED) is 0.772. The van der Waals surface area contributed by atoms with Gasteiger partial charge in [0.15, 0.2) is 0 Å². The molecule has 0 aliphatic rings. The standard InChI is InChI=1S/C14H22BrN5S/c1-4-7-16-11(12-9-17-21-19-12)8-13-14(15)10(5-2)18-20(13)6-3/h9,11,16H,4-8H2,1-3H3. The number of aryl methyl sites for hydroxylation is 2. The van der Waals surface area contributed by atoms with E-state index in [9.17, 15) is 0 Å². The summed E-state index contributed by atoms with van der Waals surface area (Å²) in [6.45, 7) is 8.28. The summed E-state index contributed by atoms with van der Waals surface area (Å²) in [4.78, 5) is 0. The first-order chi connectivity index (χ1) is 10.2. The number of aromatic nitrogens is 4. The van der Waals surface area contributed by atoms with Gasteiger partial charge in [0.1, 0.15) is 0 Å². The number of nitrogens with one attached hydrogen (secondary N) is 1. The van der Waals surface area contributed by atoms with Crippen LogP contribution in [0.1, 0.15) is 50.3 Å². The van der Waals surface area contributed by atoms with E-state index in [1.54, 1.807) is 0 Å². The summed E-state index contributed by atoms with van der Waals surface area (Å²) in [5, 5.41) is 8.24. The third kappa shape index (κ3) is 3.90. The van der Waals surface area contributed by atoms with E-state index in [0.29, 0.717) is 0 Å². The van der Waals surface area contributed by atoms with Crippen molar-refractivity contribution in [3.8, 4) is 0 Å². The summed E-state index contributed by atoms with van der Waals surface area (Å²) in [6.07, 6.45) is 4.76. The average Bonchev–Trinajstić information content (AvgIpc) is 3.12. The molecule has 0 bridgehead atoms. The molecule has 0 aromatic carbocycles. The third-order valence-corrected chi connectivity index (χ3v) is 4.88. The van der Waals surface area contributed by atoms with Gasteiger partial charge in [-0.2, -0.15) is 13.8 Å². The first kappa shape index (κ1) is 16.6. The first-order valence-corrected chi connectivity index (χ1v) is 8.98. The molecule has 1 atom stereocenters. The zero-order valence-electron chi connectivity index (χ0n) is 12.8. The van der Waals surface area contributed by atoms with Crippen molar-refractivity contribution in [1.82, 2.24) is 23.8 Å². The summed E-state index contributed by atoms with van der Waals surface area (Å²) in [5.74, 6) is 0. The SMILES string of the molecule is CCCNC(Cc1c(Br)c(CC)nn1CC)c1cnsn1. The van der Waals surface area contributed by atoms with Gasteiger partial charge in [-0.25, -0.2) is 0 Å². The van der Waals surface area contributed by atoms with Crippen LogP contribution >= 0.6 is 27.7 Å². The Morgan fingerprint density at radius 2 is 2.19 bits per heavy atom. The van der Waals surface area contributed by atoms with E-state index in [1.165, 1.54) is 17.4 Å². The van der Waals surface area contributed by atoms with Gasteiger partial charge in [-0.15, -0.1) is 0 Å². The first-order valence-electron chi connectivity index (χ1n) is 7.46. The second kappa shape index (κ2) is 8.00. The van der Waals surface area contributed by atoms with Crippen molar-refractivity contribution < 1.29 is 0 Å². The van der Waals surface area contributed by atoms with E-state index in [2.05, 4.69) is 60.5 Å². The molecule has 2 heterocycles. The number of halogens is 1. The summed E-state index contributed by atoms with van der Waals surface area (Å²) < 4.78 is 11.8. The molecule has 0 aliphatic carbocycles. The van der Waals surface area contributed by atoms with Crippen LogP contribution in [0.3, 0.4) is 0 Å². The van der Waals surface area contributed by atoms with Gasteiger partial charge in [0.2, 0.25) is 0 Å². The predicted molar refractivity (Wildman–Crippen MR) is 89.6 cm³/mol. The van der Waals surface area contributed by atoms with E-state index >= 15 is 0 Å². The number of hydrogen-bond acceptors (Lipinski definition) is 5. The highest BCUT2D eigenvalue weighted by Crippen LogP contribution is 2.27. The number of nitrogens with zero attached hydrogens (tertiary/aromatic N) is 4. The Morgan fingerprint density at radius 3 is 2.76 bits per heavy atom. The molecule has 1 unspecified atom stereocenters. The van der Waals surface area contributed by atoms with E-state index in [4.69, 9.17) is 0 Å². The monoisotopic (exact) mass is 371 g/mol. The Balaban J connectivity index is 2.25. The molecular weight excluding hydrogens is 350 g/mol. The molecule has 0 saturated heterocycles. The van der Waals surface area contributed by atoms with Crippen LogP contribution in [0, 0.1) is 0 Å².